The summed E-state index contributed by atoms with van der Waals surface area (Å²) in [6, 6.07) is 10.4. The lowest BCUT2D eigenvalue weighted by molar-refractivity contribution is 1.02. The van der Waals surface area contributed by atoms with Crippen LogP contribution >= 0.6 is 0 Å². The number of aromatic amines is 1. The second-order valence-corrected chi connectivity index (χ2v) is 4.66. The van der Waals surface area contributed by atoms with E-state index in [0.717, 1.165) is 23.4 Å². The number of H-pyrrole nitrogens is 1. The van der Waals surface area contributed by atoms with Gasteiger partial charge in [-0.15, -0.1) is 0 Å². The summed E-state index contributed by atoms with van der Waals surface area (Å²) in [5.74, 6) is 0.970. The molecule has 0 fully saturated rings. The van der Waals surface area contributed by atoms with Crippen LogP contribution in [-0.2, 0) is 6.42 Å². The average molecular weight is 237 g/mol. The molecule has 0 spiro atoms. The van der Waals surface area contributed by atoms with Crippen molar-refractivity contribution in [2.45, 2.75) is 20.3 Å². The highest BCUT2D eigenvalue weighted by Gasteiger charge is 2.06. The Morgan fingerprint density at radius 3 is 2.89 bits per heavy atom. The molecule has 1 aromatic carbocycles. The standard InChI is InChI=1S/C15H15N3/c1-10-5-6-11(2)12(8-10)9-14-17-13-4-3-7-16-15(13)18-14/h3-8H,9H2,1-2H3,(H,16,17,18). The van der Waals surface area contributed by atoms with Crippen molar-refractivity contribution in [3.8, 4) is 0 Å². The van der Waals surface area contributed by atoms with E-state index in [1.165, 1.54) is 16.7 Å². The molecule has 0 aliphatic heterocycles. The number of fused-ring (bicyclic) bond motifs is 1. The number of imidazole rings is 1. The number of aryl methyl sites for hydroxylation is 2. The van der Waals surface area contributed by atoms with Crippen molar-refractivity contribution < 1.29 is 0 Å². The van der Waals surface area contributed by atoms with Crippen LogP contribution in [0.5, 0.6) is 0 Å². The van der Waals surface area contributed by atoms with Crippen LogP contribution in [0.1, 0.15) is 22.5 Å². The largest absolute Gasteiger partial charge is 0.340 e. The van der Waals surface area contributed by atoms with E-state index in [1.54, 1.807) is 6.20 Å². The van der Waals surface area contributed by atoms with Crippen molar-refractivity contribution in [2.75, 3.05) is 0 Å². The third kappa shape index (κ3) is 1.99. The topological polar surface area (TPSA) is 41.6 Å². The molecule has 0 aliphatic carbocycles. The summed E-state index contributed by atoms with van der Waals surface area (Å²) in [5, 5.41) is 0. The minimum absolute atomic E-state index is 0.790. The minimum Gasteiger partial charge on any atom is -0.340 e. The number of hydrogen-bond acceptors (Lipinski definition) is 2. The summed E-state index contributed by atoms with van der Waals surface area (Å²) in [7, 11) is 0. The first kappa shape index (κ1) is 11.0. The quantitative estimate of drug-likeness (QED) is 0.743. The van der Waals surface area contributed by atoms with Gasteiger partial charge < -0.3 is 4.98 Å². The maximum Gasteiger partial charge on any atom is 0.177 e. The molecule has 0 radical (unpaired) electrons. The average Bonchev–Trinajstić information content (AvgIpc) is 2.76. The van der Waals surface area contributed by atoms with Crippen LogP contribution < -0.4 is 0 Å². The Balaban J connectivity index is 1.98. The Morgan fingerprint density at radius 1 is 1.17 bits per heavy atom. The second kappa shape index (κ2) is 4.26. The van der Waals surface area contributed by atoms with Gasteiger partial charge in [0.2, 0.25) is 0 Å². The van der Waals surface area contributed by atoms with Gasteiger partial charge in [-0.1, -0.05) is 23.8 Å². The first-order valence-corrected chi connectivity index (χ1v) is 6.08. The van der Waals surface area contributed by atoms with Gasteiger partial charge in [-0.25, -0.2) is 9.97 Å². The van der Waals surface area contributed by atoms with Crippen LogP contribution in [0.2, 0.25) is 0 Å². The molecule has 3 nitrogen and oxygen atoms in total. The molecule has 90 valence electrons. The lowest BCUT2D eigenvalue weighted by Crippen LogP contribution is -1.94. The first-order chi connectivity index (χ1) is 8.72. The Hall–Kier alpha value is -2.16. The highest BCUT2D eigenvalue weighted by molar-refractivity contribution is 5.70. The fourth-order valence-corrected chi connectivity index (χ4v) is 2.15. The van der Waals surface area contributed by atoms with Gasteiger partial charge in [0.1, 0.15) is 5.82 Å². The molecule has 0 aliphatic rings. The summed E-state index contributed by atoms with van der Waals surface area (Å²) in [5.41, 5.74) is 5.68. The molecular weight excluding hydrogens is 222 g/mol. The fourth-order valence-electron chi connectivity index (χ4n) is 2.15. The normalized spacial score (nSPS) is 11.0. The van der Waals surface area contributed by atoms with E-state index in [2.05, 4.69) is 47.0 Å². The van der Waals surface area contributed by atoms with Gasteiger partial charge >= 0.3 is 0 Å². The number of benzene rings is 1. The first-order valence-electron chi connectivity index (χ1n) is 6.08. The van der Waals surface area contributed by atoms with Crippen LogP contribution in [0.25, 0.3) is 11.2 Å². The Labute approximate surface area is 106 Å². The zero-order chi connectivity index (χ0) is 12.5. The fraction of sp³-hybridized carbons (Fsp3) is 0.200. The van der Waals surface area contributed by atoms with Crippen molar-refractivity contribution in [3.05, 3.63) is 59.0 Å². The number of pyridine rings is 1. The van der Waals surface area contributed by atoms with Crippen LogP contribution in [-0.4, -0.2) is 15.0 Å². The highest BCUT2D eigenvalue weighted by Crippen LogP contribution is 2.16. The smallest absolute Gasteiger partial charge is 0.177 e. The van der Waals surface area contributed by atoms with Crippen LogP contribution in [0.15, 0.2) is 36.5 Å². The molecule has 18 heavy (non-hydrogen) atoms. The summed E-state index contributed by atoms with van der Waals surface area (Å²) >= 11 is 0. The SMILES string of the molecule is Cc1ccc(C)c(Cc2nc3ncccc3[nH]2)c1. The molecule has 3 rings (SSSR count). The molecule has 3 heteroatoms. The van der Waals surface area contributed by atoms with Crippen molar-refractivity contribution in [1.82, 2.24) is 15.0 Å². The van der Waals surface area contributed by atoms with Crippen LogP contribution in [0.4, 0.5) is 0 Å². The maximum atomic E-state index is 4.51. The van der Waals surface area contributed by atoms with E-state index in [4.69, 9.17) is 0 Å². The maximum absolute atomic E-state index is 4.51. The van der Waals surface area contributed by atoms with E-state index in [1.807, 2.05) is 12.1 Å². The molecule has 0 amide bonds. The Bertz CT molecular complexity index is 665. The summed E-state index contributed by atoms with van der Waals surface area (Å²) < 4.78 is 0. The predicted octanol–water partition coefficient (Wildman–Crippen LogP) is 3.17. The van der Waals surface area contributed by atoms with Crippen molar-refractivity contribution in [1.29, 1.82) is 0 Å². The van der Waals surface area contributed by atoms with Gasteiger partial charge in [-0.2, -0.15) is 0 Å². The Morgan fingerprint density at radius 2 is 2.06 bits per heavy atom. The summed E-state index contributed by atoms with van der Waals surface area (Å²) in [6.45, 7) is 4.25. The molecule has 0 bridgehead atoms. The number of nitrogens with zero attached hydrogens (tertiary/aromatic N) is 2. The molecule has 0 saturated carbocycles. The van der Waals surface area contributed by atoms with E-state index < -0.39 is 0 Å². The molecule has 2 aromatic heterocycles. The van der Waals surface area contributed by atoms with Crippen LogP contribution in [0, 0.1) is 13.8 Å². The third-order valence-corrected chi connectivity index (χ3v) is 3.17. The molecule has 0 atom stereocenters. The summed E-state index contributed by atoms with van der Waals surface area (Å²) in [6.07, 6.45) is 2.59. The van der Waals surface area contributed by atoms with Crippen LogP contribution in [0.3, 0.4) is 0 Å². The van der Waals surface area contributed by atoms with Gasteiger partial charge in [0.25, 0.3) is 0 Å². The lowest BCUT2D eigenvalue weighted by atomic mass is 10.0. The van der Waals surface area contributed by atoms with Gasteiger partial charge in [0.05, 0.1) is 5.52 Å². The van der Waals surface area contributed by atoms with Crippen molar-refractivity contribution in [2.24, 2.45) is 0 Å². The molecule has 1 N–H and O–H groups in total. The molecule has 0 saturated heterocycles. The summed E-state index contributed by atoms with van der Waals surface area (Å²) in [4.78, 5) is 12.1. The van der Waals surface area contributed by atoms with E-state index in [9.17, 15) is 0 Å². The van der Waals surface area contributed by atoms with E-state index >= 15 is 0 Å². The number of aromatic nitrogens is 3. The lowest BCUT2D eigenvalue weighted by Gasteiger charge is -2.04. The molecule has 3 aromatic rings. The Kier molecular flexibility index (Phi) is 2.59. The zero-order valence-corrected chi connectivity index (χ0v) is 10.6. The monoisotopic (exact) mass is 237 g/mol. The van der Waals surface area contributed by atoms with Gasteiger partial charge in [-0.05, 0) is 37.1 Å². The van der Waals surface area contributed by atoms with Crippen molar-refractivity contribution in [3.63, 3.8) is 0 Å². The predicted molar refractivity (Wildman–Crippen MR) is 72.6 cm³/mol. The van der Waals surface area contributed by atoms with Crippen molar-refractivity contribution >= 4 is 11.2 Å². The van der Waals surface area contributed by atoms with Gasteiger partial charge in [0.15, 0.2) is 5.65 Å². The second-order valence-electron chi connectivity index (χ2n) is 4.66. The highest BCUT2D eigenvalue weighted by atomic mass is 15.0. The number of rotatable bonds is 2. The molecule has 0 unspecified atom stereocenters. The number of nitrogens with one attached hydrogen (secondary N) is 1. The van der Waals surface area contributed by atoms with Gasteiger partial charge in [0, 0.05) is 12.6 Å². The van der Waals surface area contributed by atoms with E-state index in [-0.39, 0.29) is 0 Å². The minimum atomic E-state index is 0.790. The van der Waals surface area contributed by atoms with Gasteiger partial charge in [-0.3, -0.25) is 0 Å². The zero-order valence-electron chi connectivity index (χ0n) is 10.6. The number of hydrogen-bond donors (Lipinski definition) is 1. The van der Waals surface area contributed by atoms with E-state index in [0.29, 0.717) is 0 Å². The third-order valence-electron chi connectivity index (χ3n) is 3.17. The molecular formula is C15H15N3. The molecule has 2 heterocycles.